The van der Waals surface area contributed by atoms with Crippen LogP contribution < -0.4 is 4.90 Å². The third-order valence-corrected chi connectivity index (χ3v) is 5.64. The van der Waals surface area contributed by atoms with Crippen LogP contribution in [-0.2, 0) is 4.74 Å². The minimum absolute atomic E-state index is 0.305. The first-order valence-corrected chi connectivity index (χ1v) is 9.83. The number of hydrogen-bond donors (Lipinski definition) is 0. The fourth-order valence-corrected chi connectivity index (χ4v) is 3.98. The first-order valence-electron chi connectivity index (χ1n) is 9.83. The molecule has 28 heavy (non-hydrogen) atoms. The molecule has 0 aliphatic carbocycles. The zero-order chi connectivity index (χ0) is 19.3. The zero-order valence-corrected chi connectivity index (χ0v) is 16.2. The molecule has 0 aromatic heterocycles. The van der Waals surface area contributed by atoms with E-state index in [1.54, 1.807) is 0 Å². The van der Waals surface area contributed by atoms with Crippen molar-refractivity contribution in [2.45, 2.75) is 18.8 Å². The molecule has 0 N–H and O–H groups in total. The number of ether oxygens (including phenoxy) is 1. The molecule has 4 rings (SSSR count). The van der Waals surface area contributed by atoms with Crippen LogP contribution in [-0.4, -0.2) is 26.2 Å². The summed E-state index contributed by atoms with van der Waals surface area (Å²) in [6.45, 7) is 2.18. The lowest BCUT2D eigenvalue weighted by molar-refractivity contribution is 0.0601. The van der Waals surface area contributed by atoms with Gasteiger partial charge in [-0.05, 0) is 59.7 Å². The van der Waals surface area contributed by atoms with Crippen molar-refractivity contribution in [1.29, 1.82) is 0 Å². The van der Waals surface area contributed by atoms with E-state index in [-0.39, 0.29) is 5.97 Å². The Morgan fingerprint density at radius 2 is 1.39 bits per heavy atom. The largest absolute Gasteiger partial charge is 0.465 e. The maximum absolute atomic E-state index is 11.6. The molecule has 0 bridgehead atoms. The summed E-state index contributed by atoms with van der Waals surface area (Å²) in [7, 11) is 1.40. The predicted octanol–water partition coefficient (Wildman–Crippen LogP) is 5.52. The van der Waals surface area contributed by atoms with Crippen LogP contribution in [0.5, 0.6) is 0 Å². The number of hydrogen-bond acceptors (Lipinski definition) is 3. The monoisotopic (exact) mass is 371 g/mol. The quantitative estimate of drug-likeness (QED) is 0.565. The van der Waals surface area contributed by atoms with Crippen LogP contribution >= 0.6 is 0 Å². The first-order chi connectivity index (χ1) is 13.7. The maximum atomic E-state index is 11.6. The van der Waals surface area contributed by atoms with E-state index in [4.69, 9.17) is 4.74 Å². The SMILES string of the molecule is COC(=O)c1ccc(-c2ccc(N3CCC(c4ccccc4)CC3)cc2)cc1. The van der Waals surface area contributed by atoms with Crippen LogP contribution in [0.4, 0.5) is 5.69 Å². The normalized spacial score (nSPS) is 14.7. The van der Waals surface area contributed by atoms with Gasteiger partial charge in [-0.25, -0.2) is 4.79 Å². The van der Waals surface area contributed by atoms with Gasteiger partial charge in [0.25, 0.3) is 0 Å². The highest BCUT2D eigenvalue weighted by Gasteiger charge is 2.20. The molecule has 0 amide bonds. The Kier molecular flexibility index (Phi) is 5.43. The van der Waals surface area contributed by atoms with Crippen molar-refractivity contribution in [3.05, 3.63) is 90.0 Å². The molecular weight excluding hydrogens is 346 g/mol. The van der Waals surface area contributed by atoms with E-state index in [0.717, 1.165) is 24.2 Å². The highest BCUT2D eigenvalue weighted by molar-refractivity contribution is 5.90. The van der Waals surface area contributed by atoms with E-state index in [0.29, 0.717) is 11.5 Å². The van der Waals surface area contributed by atoms with Crippen LogP contribution in [0.1, 0.15) is 34.7 Å². The molecule has 0 atom stereocenters. The van der Waals surface area contributed by atoms with E-state index in [9.17, 15) is 4.79 Å². The average molecular weight is 371 g/mol. The van der Waals surface area contributed by atoms with Crippen LogP contribution in [0.25, 0.3) is 11.1 Å². The Balaban J connectivity index is 1.40. The highest BCUT2D eigenvalue weighted by atomic mass is 16.5. The van der Waals surface area contributed by atoms with E-state index in [1.165, 1.54) is 31.2 Å². The number of benzene rings is 3. The molecule has 1 heterocycles. The summed E-state index contributed by atoms with van der Waals surface area (Å²) in [4.78, 5) is 14.0. The van der Waals surface area contributed by atoms with E-state index in [2.05, 4.69) is 59.5 Å². The van der Waals surface area contributed by atoms with Gasteiger partial charge in [0.15, 0.2) is 0 Å². The summed E-state index contributed by atoms with van der Waals surface area (Å²) in [5, 5.41) is 0. The second-order valence-corrected chi connectivity index (χ2v) is 7.29. The predicted molar refractivity (Wildman–Crippen MR) is 114 cm³/mol. The average Bonchev–Trinajstić information content (AvgIpc) is 2.79. The van der Waals surface area contributed by atoms with Gasteiger partial charge in [0.2, 0.25) is 0 Å². The minimum atomic E-state index is -0.305. The molecular formula is C25H25NO2. The minimum Gasteiger partial charge on any atom is -0.465 e. The molecule has 0 radical (unpaired) electrons. The molecule has 142 valence electrons. The molecule has 3 heteroatoms. The summed E-state index contributed by atoms with van der Waals surface area (Å²) < 4.78 is 4.76. The Hall–Kier alpha value is -3.07. The van der Waals surface area contributed by atoms with Gasteiger partial charge >= 0.3 is 5.97 Å². The fraction of sp³-hybridized carbons (Fsp3) is 0.240. The molecule has 3 aromatic carbocycles. The maximum Gasteiger partial charge on any atom is 0.337 e. The van der Waals surface area contributed by atoms with Crippen molar-refractivity contribution in [1.82, 2.24) is 0 Å². The molecule has 0 saturated carbocycles. The Morgan fingerprint density at radius 3 is 1.96 bits per heavy atom. The number of piperidine rings is 1. The number of anilines is 1. The third-order valence-electron chi connectivity index (χ3n) is 5.64. The van der Waals surface area contributed by atoms with Crippen molar-refractivity contribution >= 4 is 11.7 Å². The first kappa shape index (κ1) is 18.3. The third kappa shape index (κ3) is 3.94. The van der Waals surface area contributed by atoms with Gasteiger partial charge in [-0.1, -0.05) is 54.6 Å². The van der Waals surface area contributed by atoms with E-state index >= 15 is 0 Å². The zero-order valence-electron chi connectivity index (χ0n) is 16.2. The Labute approximate surface area is 166 Å². The molecule has 1 aliphatic heterocycles. The van der Waals surface area contributed by atoms with Crippen molar-refractivity contribution in [2.75, 3.05) is 25.1 Å². The summed E-state index contributed by atoms with van der Waals surface area (Å²) in [6.07, 6.45) is 2.39. The van der Waals surface area contributed by atoms with Crippen molar-refractivity contribution in [2.24, 2.45) is 0 Å². The van der Waals surface area contributed by atoms with Gasteiger partial charge in [-0.15, -0.1) is 0 Å². The number of methoxy groups -OCH3 is 1. The summed E-state index contributed by atoms with van der Waals surface area (Å²) >= 11 is 0. The van der Waals surface area contributed by atoms with Gasteiger partial charge in [0.1, 0.15) is 0 Å². The van der Waals surface area contributed by atoms with Crippen LogP contribution in [0, 0.1) is 0 Å². The van der Waals surface area contributed by atoms with Crippen LogP contribution in [0.15, 0.2) is 78.9 Å². The molecule has 3 aromatic rings. The van der Waals surface area contributed by atoms with Gasteiger partial charge < -0.3 is 9.64 Å². The molecule has 1 saturated heterocycles. The Morgan fingerprint density at radius 1 is 0.821 bits per heavy atom. The summed E-state index contributed by atoms with van der Waals surface area (Å²) in [5.41, 5.74) is 5.57. The number of nitrogens with zero attached hydrogens (tertiary/aromatic N) is 1. The molecule has 0 unspecified atom stereocenters. The number of esters is 1. The lowest BCUT2D eigenvalue weighted by atomic mass is 9.89. The fourth-order valence-electron chi connectivity index (χ4n) is 3.98. The van der Waals surface area contributed by atoms with E-state index < -0.39 is 0 Å². The lowest BCUT2D eigenvalue weighted by Gasteiger charge is -2.34. The van der Waals surface area contributed by atoms with Gasteiger partial charge in [0.05, 0.1) is 12.7 Å². The van der Waals surface area contributed by atoms with Gasteiger partial charge in [0, 0.05) is 18.8 Å². The van der Waals surface area contributed by atoms with E-state index in [1.807, 2.05) is 24.3 Å². The topological polar surface area (TPSA) is 29.5 Å². The second-order valence-electron chi connectivity index (χ2n) is 7.29. The van der Waals surface area contributed by atoms with Crippen molar-refractivity contribution in [3.63, 3.8) is 0 Å². The summed E-state index contributed by atoms with van der Waals surface area (Å²) in [5.74, 6) is 0.367. The standard InChI is InChI=1S/C25H25NO2/c1-28-25(27)23-9-7-20(8-10-23)21-11-13-24(14-12-21)26-17-15-22(16-18-26)19-5-3-2-4-6-19/h2-14,22H,15-18H2,1H3. The molecule has 1 fully saturated rings. The molecule has 3 nitrogen and oxygen atoms in total. The van der Waals surface area contributed by atoms with Crippen LogP contribution in [0.2, 0.25) is 0 Å². The highest BCUT2D eigenvalue weighted by Crippen LogP contribution is 2.31. The van der Waals surface area contributed by atoms with Crippen molar-refractivity contribution in [3.8, 4) is 11.1 Å². The number of rotatable bonds is 4. The Bertz CT molecular complexity index is 909. The number of carbonyl (C=O) groups excluding carboxylic acids is 1. The lowest BCUT2D eigenvalue weighted by Crippen LogP contribution is -2.32. The van der Waals surface area contributed by atoms with Gasteiger partial charge in [-0.3, -0.25) is 0 Å². The molecule has 0 spiro atoms. The molecule has 1 aliphatic rings. The summed E-state index contributed by atoms with van der Waals surface area (Å²) in [6, 6.07) is 27.1. The second kappa shape index (κ2) is 8.30. The number of carbonyl (C=O) groups is 1. The smallest absolute Gasteiger partial charge is 0.337 e. The van der Waals surface area contributed by atoms with Gasteiger partial charge in [-0.2, -0.15) is 0 Å². The van der Waals surface area contributed by atoms with Crippen molar-refractivity contribution < 1.29 is 9.53 Å². The van der Waals surface area contributed by atoms with Crippen LogP contribution in [0.3, 0.4) is 0 Å².